The SMILES string of the molecule is CCSc1ccc(C(=O)Nc2nnc(-c3cccc(F)c3)o2)cc1. The molecule has 0 atom stereocenters. The molecule has 0 spiro atoms. The lowest BCUT2D eigenvalue weighted by Gasteiger charge is -2.02. The van der Waals surface area contributed by atoms with Crippen molar-refractivity contribution >= 4 is 23.7 Å². The Kier molecular flexibility index (Phi) is 4.90. The summed E-state index contributed by atoms with van der Waals surface area (Å²) in [6.45, 7) is 2.07. The monoisotopic (exact) mass is 343 g/mol. The largest absolute Gasteiger partial charge is 0.403 e. The van der Waals surface area contributed by atoms with E-state index in [1.54, 1.807) is 36.0 Å². The standard InChI is InChI=1S/C17H14FN3O2S/c1-2-24-14-8-6-11(7-9-14)15(22)19-17-21-20-16(23-17)12-4-3-5-13(18)10-12/h3-10H,2H2,1H3,(H,19,21,22). The van der Waals surface area contributed by atoms with Crippen LogP contribution in [0.1, 0.15) is 17.3 Å². The van der Waals surface area contributed by atoms with Gasteiger partial charge in [0.25, 0.3) is 5.91 Å². The number of nitrogens with one attached hydrogen (secondary N) is 1. The Balaban J connectivity index is 1.71. The minimum Gasteiger partial charge on any atom is -0.403 e. The number of carbonyl (C=O) groups excluding carboxylic acids is 1. The first kappa shape index (κ1) is 16.2. The van der Waals surface area contributed by atoms with Crippen molar-refractivity contribution in [1.82, 2.24) is 10.2 Å². The Hall–Kier alpha value is -2.67. The summed E-state index contributed by atoms with van der Waals surface area (Å²) in [4.78, 5) is 13.3. The first-order valence-electron chi connectivity index (χ1n) is 7.29. The number of hydrogen-bond acceptors (Lipinski definition) is 5. The van der Waals surface area contributed by atoms with E-state index in [2.05, 4.69) is 22.4 Å². The number of anilines is 1. The molecule has 2 aromatic carbocycles. The highest BCUT2D eigenvalue weighted by Gasteiger charge is 2.13. The number of carbonyl (C=O) groups is 1. The molecule has 1 N–H and O–H groups in total. The van der Waals surface area contributed by atoms with E-state index in [-0.39, 0.29) is 17.8 Å². The number of amides is 1. The highest BCUT2D eigenvalue weighted by atomic mass is 32.2. The molecular weight excluding hydrogens is 329 g/mol. The second-order valence-electron chi connectivity index (χ2n) is 4.83. The normalized spacial score (nSPS) is 10.6. The molecule has 0 saturated heterocycles. The van der Waals surface area contributed by atoms with E-state index in [4.69, 9.17) is 4.42 Å². The summed E-state index contributed by atoms with van der Waals surface area (Å²) in [5.41, 5.74) is 0.935. The van der Waals surface area contributed by atoms with Gasteiger partial charge in [-0.2, -0.15) is 0 Å². The van der Waals surface area contributed by atoms with Crippen LogP contribution < -0.4 is 5.32 Å². The molecule has 0 unspecified atom stereocenters. The second-order valence-corrected chi connectivity index (χ2v) is 6.17. The van der Waals surface area contributed by atoms with Gasteiger partial charge in [-0.15, -0.1) is 16.9 Å². The summed E-state index contributed by atoms with van der Waals surface area (Å²) in [6.07, 6.45) is 0. The minimum atomic E-state index is -0.402. The first-order valence-corrected chi connectivity index (χ1v) is 8.28. The van der Waals surface area contributed by atoms with E-state index in [0.717, 1.165) is 10.6 Å². The molecule has 24 heavy (non-hydrogen) atoms. The van der Waals surface area contributed by atoms with Gasteiger partial charge in [0.15, 0.2) is 0 Å². The van der Waals surface area contributed by atoms with E-state index in [9.17, 15) is 9.18 Å². The molecular formula is C17H14FN3O2S. The summed E-state index contributed by atoms with van der Waals surface area (Å²) in [5, 5.41) is 10.1. The van der Waals surface area contributed by atoms with Gasteiger partial charge in [0.1, 0.15) is 5.82 Å². The van der Waals surface area contributed by atoms with Gasteiger partial charge in [0, 0.05) is 16.0 Å². The van der Waals surface area contributed by atoms with Crippen molar-refractivity contribution in [3.8, 4) is 11.5 Å². The van der Waals surface area contributed by atoms with Crippen molar-refractivity contribution in [2.45, 2.75) is 11.8 Å². The number of benzene rings is 2. The zero-order chi connectivity index (χ0) is 16.9. The molecule has 122 valence electrons. The van der Waals surface area contributed by atoms with Crippen molar-refractivity contribution in [1.29, 1.82) is 0 Å². The Morgan fingerprint density at radius 3 is 2.71 bits per heavy atom. The van der Waals surface area contributed by atoms with Crippen molar-refractivity contribution in [3.63, 3.8) is 0 Å². The zero-order valence-corrected chi connectivity index (χ0v) is 13.6. The third-order valence-electron chi connectivity index (χ3n) is 3.14. The van der Waals surface area contributed by atoms with Gasteiger partial charge in [-0.25, -0.2) is 4.39 Å². The lowest BCUT2D eigenvalue weighted by molar-refractivity contribution is 0.102. The van der Waals surface area contributed by atoms with E-state index < -0.39 is 5.82 Å². The van der Waals surface area contributed by atoms with Crippen LogP contribution in [0.3, 0.4) is 0 Å². The molecule has 1 heterocycles. The molecule has 0 fully saturated rings. The molecule has 5 nitrogen and oxygen atoms in total. The van der Waals surface area contributed by atoms with E-state index >= 15 is 0 Å². The van der Waals surface area contributed by atoms with Crippen LogP contribution in [0, 0.1) is 5.82 Å². The van der Waals surface area contributed by atoms with Crippen LogP contribution in [0.5, 0.6) is 0 Å². The van der Waals surface area contributed by atoms with Crippen LogP contribution in [0.25, 0.3) is 11.5 Å². The fourth-order valence-corrected chi connectivity index (χ4v) is 2.71. The van der Waals surface area contributed by atoms with Gasteiger partial charge < -0.3 is 4.42 Å². The molecule has 3 rings (SSSR count). The Labute approximate surface area is 142 Å². The number of thioether (sulfide) groups is 1. The number of halogens is 1. The third-order valence-corrected chi connectivity index (χ3v) is 4.04. The van der Waals surface area contributed by atoms with Crippen LogP contribution in [-0.4, -0.2) is 21.9 Å². The number of aromatic nitrogens is 2. The Bertz CT molecular complexity index is 849. The lowest BCUT2D eigenvalue weighted by atomic mass is 10.2. The van der Waals surface area contributed by atoms with E-state index in [0.29, 0.717) is 11.1 Å². The van der Waals surface area contributed by atoms with Gasteiger partial charge in [0.2, 0.25) is 5.89 Å². The molecule has 0 aliphatic heterocycles. The summed E-state index contributed by atoms with van der Waals surface area (Å²) in [5.74, 6) is 0.356. The van der Waals surface area contributed by atoms with Gasteiger partial charge in [0.05, 0.1) is 0 Å². The summed E-state index contributed by atoms with van der Waals surface area (Å²) in [7, 11) is 0. The number of rotatable bonds is 5. The summed E-state index contributed by atoms with van der Waals surface area (Å²) in [6, 6.07) is 13.0. The smallest absolute Gasteiger partial charge is 0.322 e. The fraction of sp³-hybridized carbons (Fsp3) is 0.118. The minimum absolute atomic E-state index is 0.0359. The van der Waals surface area contributed by atoms with Crippen molar-refractivity contribution < 1.29 is 13.6 Å². The second kappa shape index (κ2) is 7.27. The van der Waals surface area contributed by atoms with Crippen LogP contribution >= 0.6 is 11.8 Å². The average molecular weight is 343 g/mol. The van der Waals surface area contributed by atoms with Gasteiger partial charge >= 0.3 is 6.01 Å². The highest BCUT2D eigenvalue weighted by Crippen LogP contribution is 2.21. The lowest BCUT2D eigenvalue weighted by Crippen LogP contribution is -2.11. The molecule has 0 aliphatic carbocycles. The predicted molar refractivity (Wildman–Crippen MR) is 90.5 cm³/mol. The number of nitrogens with zero attached hydrogens (tertiary/aromatic N) is 2. The predicted octanol–water partition coefficient (Wildman–Crippen LogP) is 4.24. The zero-order valence-electron chi connectivity index (χ0n) is 12.8. The van der Waals surface area contributed by atoms with Crippen LogP contribution in [0.2, 0.25) is 0 Å². The molecule has 3 aromatic rings. The molecule has 0 bridgehead atoms. The third kappa shape index (κ3) is 3.80. The van der Waals surface area contributed by atoms with E-state index in [1.807, 2.05) is 12.1 Å². The maximum absolute atomic E-state index is 13.2. The van der Waals surface area contributed by atoms with Crippen LogP contribution in [0.4, 0.5) is 10.4 Å². The quantitative estimate of drug-likeness (QED) is 0.702. The van der Waals surface area contributed by atoms with Gasteiger partial charge in [-0.3, -0.25) is 10.1 Å². The molecule has 1 aromatic heterocycles. The van der Waals surface area contributed by atoms with Crippen LogP contribution in [0.15, 0.2) is 57.8 Å². The van der Waals surface area contributed by atoms with Gasteiger partial charge in [-0.05, 0) is 48.2 Å². The Morgan fingerprint density at radius 1 is 1.21 bits per heavy atom. The molecule has 0 radical (unpaired) electrons. The van der Waals surface area contributed by atoms with Crippen molar-refractivity contribution in [2.75, 3.05) is 11.1 Å². The summed E-state index contributed by atoms with van der Waals surface area (Å²) < 4.78 is 18.6. The molecule has 1 amide bonds. The maximum atomic E-state index is 13.2. The maximum Gasteiger partial charge on any atom is 0.322 e. The highest BCUT2D eigenvalue weighted by molar-refractivity contribution is 7.99. The molecule has 7 heteroatoms. The van der Waals surface area contributed by atoms with Gasteiger partial charge in [-0.1, -0.05) is 18.1 Å². The van der Waals surface area contributed by atoms with Crippen LogP contribution in [-0.2, 0) is 0 Å². The average Bonchev–Trinajstić information content (AvgIpc) is 3.04. The fourth-order valence-electron chi connectivity index (χ4n) is 2.05. The van der Waals surface area contributed by atoms with Crippen molar-refractivity contribution in [2.24, 2.45) is 0 Å². The molecule has 0 aliphatic rings. The summed E-state index contributed by atoms with van der Waals surface area (Å²) >= 11 is 1.70. The first-order chi connectivity index (χ1) is 11.7. The molecule has 0 saturated carbocycles. The van der Waals surface area contributed by atoms with E-state index in [1.165, 1.54) is 12.1 Å². The topological polar surface area (TPSA) is 68.0 Å². The van der Waals surface area contributed by atoms with Crippen molar-refractivity contribution in [3.05, 3.63) is 59.9 Å². The number of hydrogen-bond donors (Lipinski definition) is 1. The Morgan fingerprint density at radius 2 is 2.00 bits per heavy atom.